The van der Waals surface area contributed by atoms with Crippen LogP contribution in [0.1, 0.15) is 53.4 Å². The Hall–Kier alpha value is -0.340. The van der Waals surface area contributed by atoms with Crippen LogP contribution in [-0.2, 0) is 0 Å². The Morgan fingerprint density at radius 2 is 2.00 bits per heavy atom. The molecule has 2 nitrogen and oxygen atoms in total. The van der Waals surface area contributed by atoms with E-state index in [4.69, 9.17) is 0 Å². The van der Waals surface area contributed by atoms with Crippen LogP contribution in [0.2, 0.25) is 0 Å². The number of aliphatic hydroxyl groups is 2. The highest BCUT2D eigenvalue weighted by molar-refractivity contribution is 5.19. The first-order valence-corrected chi connectivity index (χ1v) is 6.87. The van der Waals surface area contributed by atoms with Crippen molar-refractivity contribution >= 4 is 0 Å². The minimum absolute atomic E-state index is 0.139. The Bertz CT molecular complexity index is 330. The Kier molecular flexibility index (Phi) is 3.16. The lowest BCUT2D eigenvalue weighted by molar-refractivity contribution is -0.152. The van der Waals surface area contributed by atoms with Gasteiger partial charge in [0.25, 0.3) is 0 Å². The van der Waals surface area contributed by atoms with Crippen molar-refractivity contribution in [3.05, 3.63) is 11.6 Å². The van der Waals surface area contributed by atoms with Crippen molar-refractivity contribution in [1.82, 2.24) is 0 Å². The lowest BCUT2D eigenvalue weighted by Crippen LogP contribution is -2.56. The van der Waals surface area contributed by atoms with E-state index >= 15 is 0 Å². The molecule has 4 atom stereocenters. The summed E-state index contributed by atoms with van der Waals surface area (Å²) in [5.41, 5.74) is 0.685. The molecule has 0 spiro atoms. The zero-order valence-corrected chi connectivity index (χ0v) is 11.5. The molecule has 0 amide bonds. The molecular weight excluding hydrogens is 212 g/mol. The van der Waals surface area contributed by atoms with E-state index in [2.05, 4.69) is 26.8 Å². The van der Waals surface area contributed by atoms with Crippen LogP contribution in [0, 0.1) is 17.3 Å². The molecule has 0 aromatic heterocycles. The maximum Gasteiger partial charge on any atom is 0.0658 e. The van der Waals surface area contributed by atoms with E-state index in [1.165, 1.54) is 5.57 Å². The van der Waals surface area contributed by atoms with E-state index in [1.54, 1.807) is 0 Å². The van der Waals surface area contributed by atoms with Gasteiger partial charge in [-0.25, -0.2) is 0 Å². The van der Waals surface area contributed by atoms with E-state index in [0.29, 0.717) is 5.92 Å². The second-order valence-corrected chi connectivity index (χ2v) is 6.81. The summed E-state index contributed by atoms with van der Waals surface area (Å²) in [6.45, 7) is 8.51. The van der Waals surface area contributed by atoms with Gasteiger partial charge in [-0.15, -0.1) is 0 Å². The van der Waals surface area contributed by atoms with Gasteiger partial charge in [-0.2, -0.15) is 0 Å². The number of allylic oxidation sites excluding steroid dienone is 2. The molecule has 17 heavy (non-hydrogen) atoms. The molecule has 0 aromatic rings. The molecule has 2 N–H and O–H groups in total. The molecule has 1 fully saturated rings. The van der Waals surface area contributed by atoms with E-state index in [1.807, 2.05) is 6.92 Å². The molecule has 98 valence electrons. The third-order valence-electron chi connectivity index (χ3n) is 5.22. The molecule has 2 aliphatic rings. The van der Waals surface area contributed by atoms with E-state index in [9.17, 15) is 10.2 Å². The maximum atomic E-state index is 10.6. The minimum Gasteiger partial charge on any atom is -0.393 e. The van der Waals surface area contributed by atoms with Gasteiger partial charge >= 0.3 is 0 Å². The average Bonchev–Trinajstić information content (AvgIpc) is 2.24. The minimum atomic E-state index is -0.623. The first-order chi connectivity index (χ1) is 7.77. The lowest BCUT2D eigenvalue weighted by Gasteiger charge is -2.54. The van der Waals surface area contributed by atoms with E-state index in [-0.39, 0.29) is 17.4 Å². The van der Waals surface area contributed by atoms with Gasteiger partial charge in [-0.3, -0.25) is 0 Å². The van der Waals surface area contributed by atoms with Crippen molar-refractivity contribution in [2.45, 2.75) is 65.1 Å². The molecular formula is C15H26O2. The summed E-state index contributed by atoms with van der Waals surface area (Å²) < 4.78 is 0. The van der Waals surface area contributed by atoms with E-state index < -0.39 is 5.60 Å². The summed E-state index contributed by atoms with van der Waals surface area (Å²) in [6, 6.07) is 0. The molecule has 2 rings (SSSR count). The highest BCUT2D eigenvalue weighted by Crippen LogP contribution is 2.54. The summed E-state index contributed by atoms with van der Waals surface area (Å²) in [6.07, 6.45) is 5.33. The van der Waals surface area contributed by atoms with E-state index in [0.717, 1.165) is 25.7 Å². The number of hydrogen-bond donors (Lipinski definition) is 2. The molecule has 0 aliphatic heterocycles. The highest BCUT2D eigenvalue weighted by Gasteiger charge is 2.53. The molecule has 0 saturated heterocycles. The second kappa shape index (κ2) is 4.10. The first-order valence-electron chi connectivity index (χ1n) is 6.87. The van der Waals surface area contributed by atoms with Gasteiger partial charge in [-0.1, -0.05) is 32.4 Å². The summed E-state index contributed by atoms with van der Waals surface area (Å²) in [5.74, 6) is 0.746. The fraction of sp³-hybridized carbons (Fsp3) is 0.867. The summed E-state index contributed by atoms with van der Waals surface area (Å²) in [5, 5.41) is 20.9. The van der Waals surface area contributed by atoms with Gasteiger partial charge < -0.3 is 10.2 Å². The van der Waals surface area contributed by atoms with Crippen molar-refractivity contribution in [2.75, 3.05) is 0 Å². The zero-order chi connectivity index (χ0) is 12.8. The molecule has 0 heterocycles. The van der Waals surface area contributed by atoms with Crippen molar-refractivity contribution in [3.63, 3.8) is 0 Å². The second-order valence-electron chi connectivity index (χ2n) is 6.81. The Morgan fingerprint density at radius 1 is 1.35 bits per heavy atom. The Labute approximate surface area is 105 Å². The van der Waals surface area contributed by atoms with Crippen LogP contribution >= 0.6 is 0 Å². The van der Waals surface area contributed by atoms with Crippen LogP contribution in [0.5, 0.6) is 0 Å². The molecule has 1 saturated carbocycles. The Balaban J connectivity index is 2.33. The Morgan fingerprint density at radius 3 is 2.59 bits per heavy atom. The zero-order valence-electron chi connectivity index (χ0n) is 11.5. The summed E-state index contributed by atoms with van der Waals surface area (Å²) >= 11 is 0. The van der Waals surface area contributed by atoms with Gasteiger partial charge in [0.15, 0.2) is 0 Å². The van der Waals surface area contributed by atoms with Crippen molar-refractivity contribution in [1.29, 1.82) is 0 Å². The molecule has 0 radical (unpaired) electrons. The molecule has 2 heteroatoms. The smallest absolute Gasteiger partial charge is 0.0658 e. The third kappa shape index (κ3) is 2.06. The lowest BCUT2D eigenvalue weighted by atomic mass is 9.54. The highest BCUT2D eigenvalue weighted by atomic mass is 16.3. The van der Waals surface area contributed by atoms with Crippen molar-refractivity contribution in [3.8, 4) is 0 Å². The van der Waals surface area contributed by atoms with Gasteiger partial charge in [0.1, 0.15) is 0 Å². The molecule has 0 aromatic carbocycles. The van der Waals surface area contributed by atoms with Crippen molar-refractivity contribution in [2.24, 2.45) is 17.3 Å². The summed E-state index contributed by atoms with van der Waals surface area (Å²) in [7, 11) is 0. The topological polar surface area (TPSA) is 40.5 Å². The van der Waals surface area contributed by atoms with Crippen LogP contribution in [0.25, 0.3) is 0 Å². The fourth-order valence-corrected chi connectivity index (χ4v) is 3.75. The van der Waals surface area contributed by atoms with Crippen LogP contribution in [0.4, 0.5) is 0 Å². The normalized spacial score (nSPS) is 46.6. The third-order valence-corrected chi connectivity index (χ3v) is 5.22. The quantitative estimate of drug-likeness (QED) is 0.690. The van der Waals surface area contributed by atoms with Crippen molar-refractivity contribution < 1.29 is 10.2 Å². The monoisotopic (exact) mass is 238 g/mol. The number of fused-ring (bicyclic) bond motifs is 1. The maximum absolute atomic E-state index is 10.6. The van der Waals surface area contributed by atoms with Gasteiger partial charge in [0.2, 0.25) is 0 Å². The summed E-state index contributed by atoms with van der Waals surface area (Å²) in [4.78, 5) is 0. The van der Waals surface area contributed by atoms with Gasteiger partial charge in [0.05, 0.1) is 11.7 Å². The SMILES string of the molecule is CC(C)C1=CC[C@@]2(C)C(O)CC[C@](C)(O)[C@@H]2C1. The standard InChI is InChI=1S/C15H26O2/c1-10(2)11-5-7-14(3)12(9-11)15(4,17)8-6-13(14)16/h5,10,12-13,16-17H,6-9H2,1-4H3/t12-,13?,14-,15+/m1/s1. The van der Waals surface area contributed by atoms with Gasteiger partial charge in [0, 0.05) is 5.41 Å². The first kappa shape index (κ1) is 13.1. The number of aliphatic hydroxyl groups excluding tert-OH is 1. The number of rotatable bonds is 1. The predicted molar refractivity (Wildman–Crippen MR) is 69.6 cm³/mol. The number of hydrogen-bond acceptors (Lipinski definition) is 2. The molecule has 0 bridgehead atoms. The molecule has 1 unspecified atom stereocenters. The largest absolute Gasteiger partial charge is 0.393 e. The van der Waals surface area contributed by atoms with Crippen LogP contribution < -0.4 is 0 Å². The molecule has 2 aliphatic carbocycles. The van der Waals surface area contributed by atoms with Crippen LogP contribution in [0.15, 0.2) is 11.6 Å². The predicted octanol–water partition coefficient (Wildman–Crippen LogP) is 2.89. The van der Waals surface area contributed by atoms with Crippen LogP contribution in [0.3, 0.4) is 0 Å². The van der Waals surface area contributed by atoms with Gasteiger partial charge in [-0.05, 0) is 44.4 Å². The average molecular weight is 238 g/mol. The fourth-order valence-electron chi connectivity index (χ4n) is 3.75. The van der Waals surface area contributed by atoms with Crippen LogP contribution in [-0.4, -0.2) is 21.9 Å².